The van der Waals surface area contributed by atoms with Crippen molar-refractivity contribution in [2.75, 3.05) is 6.54 Å². The number of halogens is 1. The number of hydrogen-bond acceptors (Lipinski definition) is 2. The molecule has 1 atom stereocenters. The van der Waals surface area contributed by atoms with Crippen molar-refractivity contribution >= 4 is 21.8 Å². The molecule has 0 saturated carbocycles. The van der Waals surface area contributed by atoms with E-state index in [1.54, 1.807) is 0 Å². The Hall–Kier alpha value is -0.870. The Morgan fingerprint density at radius 1 is 1.53 bits per heavy atom. The summed E-state index contributed by atoms with van der Waals surface area (Å²) >= 11 is 3.46. The van der Waals surface area contributed by atoms with Gasteiger partial charge in [0.05, 0.1) is 0 Å². The Morgan fingerprint density at radius 2 is 2.24 bits per heavy atom. The molecule has 0 radical (unpaired) electrons. The van der Waals surface area contributed by atoms with Crippen LogP contribution in [0.15, 0.2) is 22.7 Å². The second kappa shape index (κ2) is 6.77. The predicted molar refractivity (Wildman–Crippen MR) is 73.9 cm³/mol. The zero-order valence-corrected chi connectivity index (χ0v) is 11.9. The number of amides is 1. The molecule has 3 N–H and O–H groups in total. The highest BCUT2D eigenvalue weighted by molar-refractivity contribution is 9.10. The van der Waals surface area contributed by atoms with Gasteiger partial charge in [-0.25, -0.2) is 0 Å². The first-order valence-corrected chi connectivity index (χ1v) is 6.56. The molecule has 0 aliphatic rings. The van der Waals surface area contributed by atoms with Crippen LogP contribution in [-0.2, 0) is 11.2 Å². The molecule has 0 aliphatic carbocycles. The van der Waals surface area contributed by atoms with E-state index < -0.39 is 0 Å². The number of rotatable bonds is 5. The number of nitrogens with one attached hydrogen (secondary N) is 1. The van der Waals surface area contributed by atoms with Gasteiger partial charge in [-0.15, -0.1) is 0 Å². The molecule has 0 bridgehead atoms. The first kappa shape index (κ1) is 14.2. The first-order valence-electron chi connectivity index (χ1n) is 5.77. The van der Waals surface area contributed by atoms with E-state index in [2.05, 4.69) is 27.3 Å². The third-order valence-corrected chi connectivity index (χ3v) is 3.51. The summed E-state index contributed by atoms with van der Waals surface area (Å²) in [5.74, 6) is 0.0588. The van der Waals surface area contributed by atoms with Crippen LogP contribution in [0.5, 0.6) is 0 Å². The highest BCUT2D eigenvalue weighted by Gasteiger charge is 2.06. The fourth-order valence-corrected chi connectivity index (χ4v) is 1.77. The number of aryl methyl sites for hydroxylation is 2. The monoisotopic (exact) mass is 298 g/mol. The molecule has 0 spiro atoms. The van der Waals surface area contributed by atoms with Crippen molar-refractivity contribution < 1.29 is 4.79 Å². The topological polar surface area (TPSA) is 55.1 Å². The lowest BCUT2D eigenvalue weighted by Gasteiger charge is -2.11. The lowest BCUT2D eigenvalue weighted by molar-refractivity contribution is -0.121. The van der Waals surface area contributed by atoms with Gasteiger partial charge in [-0.05, 0) is 37.5 Å². The molecule has 1 amide bonds. The van der Waals surface area contributed by atoms with Crippen molar-refractivity contribution in [1.82, 2.24) is 5.32 Å². The summed E-state index contributed by atoms with van der Waals surface area (Å²) in [6, 6.07) is 6.21. The van der Waals surface area contributed by atoms with E-state index in [1.807, 2.05) is 26.0 Å². The van der Waals surface area contributed by atoms with Gasteiger partial charge in [0.2, 0.25) is 5.91 Å². The molecule has 1 aromatic rings. The van der Waals surface area contributed by atoms with E-state index in [1.165, 1.54) is 11.1 Å². The molecule has 0 saturated heterocycles. The third kappa shape index (κ3) is 4.88. The van der Waals surface area contributed by atoms with Gasteiger partial charge in [-0.1, -0.05) is 28.1 Å². The van der Waals surface area contributed by atoms with Gasteiger partial charge in [-0.3, -0.25) is 4.79 Å². The minimum absolute atomic E-state index is 0.0501. The number of carbonyl (C=O) groups is 1. The van der Waals surface area contributed by atoms with E-state index in [0.29, 0.717) is 13.0 Å². The van der Waals surface area contributed by atoms with Crippen LogP contribution in [-0.4, -0.2) is 18.5 Å². The highest BCUT2D eigenvalue weighted by atomic mass is 79.9. The van der Waals surface area contributed by atoms with Crippen LogP contribution in [0, 0.1) is 6.92 Å². The summed E-state index contributed by atoms with van der Waals surface area (Å²) in [4.78, 5) is 11.6. The number of nitrogens with two attached hydrogens (primary N) is 1. The van der Waals surface area contributed by atoms with Crippen molar-refractivity contribution in [2.45, 2.75) is 32.7 Å². The second-order valence-corrected chi connectivity index (χ2v) is 5.14. The van der Waals surface area contributed by atoms with Crippen LogP contribution in [0.2, 0.25) is 0 Å². The van der Waals surface area contributed by atoms with Crippen molar-refractivity contribution in [3.05, 3.63) is 33.8 Å². The Labute approximate surface area is 111 Å². The zero-order valence-electron chi connectivity index (χ0n) is 10.3. The molecule has 4 heteroatoms. The lowest BCUT2D eigenvalue weighted by atomic mass is 10.1. The third-order valence-electron chi connectivity index (χ3n) is 2.62. The van der Waals surface area contributed by atoms with E-state index in [-0.39, 0.29) is 11.9 Å². The van der Waals surface area contributed by atoms with Crippen molar-refractivity contribution in [3.63, 3.8) is 0 Å². The minimum atomic E-state index is 0.0501. The summed E-state index contributed by atoms with van der Waals surface area (Å²) in [5.41, 5.74) is 7.82. The van der Waals surface area contributed by atoms with Gasteiger partial charge < -0.3 is 11.1 Å². The largest absolute Gasteiger partial charge is 0.352 e. The molecule has 94 valence electrons. The molecule has 0 unspecified atom stereocenters. The quantitative estimate of drug-likeness (QED) is 0.875. The fraction of sp³-hybridized carbons (Fsp3) is 0.462. The van der Waals surface area contributed by atoms with Crippen molar-refractivity contribution in [2.24, 2.45) is 5.73 Å². The van der Waals surface area contributed by atoms with Gasteiger partial charge in [0.1, 0.15) is 0 Å². The summed E-state index contributed by atoms with van der Waals surface area (Å²) < 4.78 is 1.10. The van der Waals surface area contributed by atoms with Crippen LogP contribution >= 0.6 is 15.9 Å². The van der Waals surface area contributed by atoms with Gasteiger partial charge in [0, 0.05) is 23.5 Å². The molecule has 0 fully saturated rings. The van der Waals surface area contributed by atoms with Crippen molar-refractivity contribution in [1.29, 1.82) is 0 Å². The molecule has 0 aromatic heterocycles. The molecule has 0 aliphatic heterocycles. The maximum atomic E-state index is 11.6. The Balaban J connectivity index is 2.45. The molecule has 3 nitrogen and oxygen atoms in total. The van der Waals surface area contributed by atoms with Gasteiger partial charge in [0.25, 0.3) is 0 Å². The molecule has 1 rings (SSSR count). The average Bonchev–Trinajstić information content (AvgIpc) is 2.30. The standard InChI is InChI=1S/C13H19BrN2O/c1-9-7-11(3-5-12(9)14)4-6-13(17)16-10(2)8-15/h3,5,7,10H,4,6,8,15H2,1-2H3,(H,16,17)/t10-/m0/s1. The van der Waals surface area contributed by atoms with E-state index >= 15 is 0 Å². The maximum Gasteiger partial charge on any atom is 0.220 e. The Kier molecular flexibility index (Phi) is 5.65. The van der Waals surface area contributed by atoms with Crippen molar-refractivity contribution in [3.8, 4) is 0 Å². The summed E-state index contributed by atoms with van der Waals surface area (Å²) in [6.45, 7) is 4.43. The molecular weight excluding hydrogens is 280 g/mol. The van der Waals surface area contributed by atoms with Crippen LogP contribution in [0.3, 0.4) is 0 Å². The Morgan fingerprint density at radius 3 is 2.82 bits per heavy atom. The molecule has 1 aromatic carbocycles. The molecule has 0 heterocycles. The molecular formula is C13H19BrN2O. The normalized spacial score (nSPS) is 12.2. The second-order valence-electron chi connectivity index (χ2n) is 4.29. The van der Waals surface area contributed by atoms with Gasteiger partial charge in [0.15, 0.2) is 0 Å². The fourth-order valence-electron chi connectivity index (χ4n) is 1.53. The summed E-state index contributed by atoms with van der Waals surface area (Å²) in [6.07, 6.45) is 1.27. The van der Waals surface area contributed by atoms with E-state index in [9.17, 15) is 4.79 Å². The Bertz CT molecular complexity index is 393. The number of carbonyl (C=O) groups excluding carboxylic acids is 1. The van der Waals surface area contributed by atoms with Crippen LogP contribution in [0.1, 0.15) is 24.5 Å². The highest BCUT2D eigenvalue weighted by Crippen LogP contribution is 2.17. The van der Waals surface area contributed by atoms with E-state index in [4.69, 9.17) is 5.73 Å². The first-order chi connectivity index (χ1) is 8.02. The SMILES string of the molecule is Cc1cc(CCC(=O)N[C@@H](C)CN)ccc1Br. The van der Waals surface area contributed by atoms with Crippen LogP contribution in [0.4, 0.5) is 0 Å². The number of hydrogen-bond donors (Lipinski definition) is 2. The lowest BCUT2D eigenvalue weighted by Crippen LogP contribution is -2.37. The van der Waals surface area contributed by atoms with Gasteiger partial charge in [-0.2, -0.15) is 0 Å². The van der Waals surface area contributed by atoms with Crippen LogP contribution in [0.25, 0.3) is 0 Å². The summed E-state index contributed by atoms with van der Waals surface area (Å²) in [5, 5.41) is 2.85. The minimum Gasteiger partial charge on any atom is -0.352 e. The summed E-state index contributed by atoms with van der Waals surface area (Å²) in [7, 11) is 0. The zero-order chi connectivity index (χ0) is 12.8. The van der Waals surface area contributed by atoms with Gasteiger partial charge >= 0.3 is 0 Å². The smallest absolute Gasteiger partial charge is 0.220 e. The predicted octanol–water partition coefficient (Wildman–Crippen LogP) is 2.15. The van der Waals surface area contributed by atoms with Crippen LogP contribution < -0.4 is 11.1 Å². The average molecular weight is 299 g/mol. The van der Waals surface area contributed by atoms with E-state index in [0.717, 1.165) is 10.9 Å². The maximum absolute atomic E-state index is 11.6. The molecule has 17 heavy (non-hydrogen) atoms. The number of benzene rings is 1.